The summed E-state index contributed by atoms with van der Waals surface area (Å²) in [6, 6.07) is 2.04. The van der Waals surface area contributed by atoms with Crippen molar-refractivity contribution in [1.29, 1.82) is 0 Å². The molecular weight excluding hydrogens is 344 g/mol. The number of rotatable bonds is 4. The molecule has 4 nitrogen and oxygen atoms in total. The highest BCUT2D eigenvalue weighted by Crippen LogP contribution is 2.40. The van der Waals surface area contributed by atoms with E-state index in [4.69, 9.17) is 4.74 Å². The molecule has 1 aromatic rings. The fraction of sp³-hybridized carbons (Fsp3) is 0.571. The zero-order valence-electron chi connectivity index (χ0n) is 15.4. The van der Waals surface area contributed by atoms with E-state index in [9.17, 15) is 4.79 Å². The Bertz CT molecular complexity index is 672. The Hall–Kier alpha value is -1.59. The molecule has 2 fully saturated rings. The smallest absolute Gasteiger partial charge is 0.246 e. The molecule has 0 N–H and O–H groups in total. The van der Waals surface area contributed by atoms with Gasteiger partial charge in [0, 0.05) is 32.3 Å². The fourth-order valence-electron chi connectivity index (χ4n) is 4.44. The van der Waals surface area contributed by atoms with Gasteiger partial charge in [0.05, 0.1) is 12.9 Å². The number of likely N-dealkylation sites (tertiary alicyclic amines) is 2. The molecule has 1 spiro atoms. The lowest BCUT2D eigenvalue weighted by Crippen LogP contribution is -2.43. The first-order chi connectivity index (χ1) is 12.7. The molecule has 0 aromatic carbocycles. The quantitative estimate of drug-likeness (QED) is 0.754. The number of ether oxygens (including phenoxy) is 1. The summed E-state index contributed by atoms with van der Waals surface area (Å²) in [5.74, 6) is 0.158. The van der Waals surface area contributed by atoms with E-state index < -0.39 is 0 Å². The molecule has 3 aliphatic heterocycles. The van der Waals surface area contributed by atoms with Gasteiger partial charge in [-0.05, 0) is 78.1 Å². The monoisotopic (exact) mass is 372 g/mol. The van der Waals surface area contributed by atoms with Gasteiger partial charge in [0.1, 0.15) is 0 Å². The number of piperidine rings is 1. The molecule has 3 aliphatic rings. The first-order valence-corrected chi connectivity index (χ1v) is 10.7. The minimum atomic E-state index is 0.158. The fourth-order valence-corrected chi connectivity index (χ4v) is 5.07. The molecule has 0 saturated carbocycles. The van der Waals surface area contributed by atoms with Crippen molar-refractivity contribution in [3.8, 4) is 0 Å². The zero-order chi connectivity index (χ0) is 17.8. The van der Waals surface area contributed by atoms with E-state index in [0.717, 1.165) is 51.1 Å². The Labute approximate surface area is 160 Å². The number of hydrogen-bond donors (Lipinski definition) is 0. The highest BCUT2D eigenvalue weighted by molar-refractivity contribution is 7.08. The summed E-state index contributed by atoms with van der Waals surface area (Å²) in [6.45, 7) is 6.09. The van der Waals surface area contributed by atoms with Crippen molar-refractivity contribution in [1.82, 2.24) is 9.80 Å². The Kier molecular flexibility index (Phi) is 5.46. The van der Waals surface area contributed by atoms with Crippen LogP contribution in [0.5, 0.6) is 0 Å². The molecule has 0 atom stereocenters. The van der Waals surface area contributed by atoms with Crippen LogP contribution in [-0.4, -0.2) is 55.0 Å². The van der Waals surface area contributed by atoms with Crippen LogP contribution in [0.2, 0.25) is 0 Å². The van der Waals surface area contributed by atoms with Crippen molar-refractivity contribution in [3.63, 3.8) is 0 Å². The van der Waals surface area contributed by atoms with Crippen molar-refractivity contribution < 1.29 is 9.53 Å². The Morgan fingerprint density at radius 3 is 2.85 bits per heavy atom. The average Bonchev–Trinajstić information content (AvgIpc) is 3.32. The molecular formula is C21H28N2O2S. The summed E-state index contributed by atoms with van der Waals surface area (Å²) < 4.78 is 5.48. The second-order valence-electron chi connectivity index (χ2n) is 7.93. The maximum absolute atomic E-state index is 12.4. The van der Waals surface area contributed by atoms with E-state index in [2.05, 4.69) is 10.3 Å². The van der Waals surface area contributed by atoms with Gasteiger partial charge in [-0.1, -0.05) is 0 Å². The largest absolute Gasteiger partial charge is 0.501 e. The van der Waals surface area contributed by atoms with Crippen LogP contribution < -0.4 is 0 Å². The van der Waals surface area contributed by atoms with Crippen molar-refractivity contribution in [3.05, 3.63) is 40.3 Å². The van der Waals surface area contributed by atoms with Crippen LogP contribution in [0.4, 0.5) is 0 Å². The number of carbonyl (C=O) groups is 1. The predicted octanol–water partition coefficient (Wildman–Crippen LogP) is 3.77. The average molecular weight is 373 g/mol. The summed E-state index contributed by atoms with van der Waals surface area (Å²) in [5, 5.41) is 4.10. The molecule has 0 aliphatic carbocycles. The predicted molar refractivity (Wildman–Crippen MR) is 106 cm³/mol. The standard InChI is InChI=1S/C21H28N2O2S/c24-20(4-3-18-5-13-26-16-18)23-10-7-21(8-11-23)6-9-22(17-21)14-19-2-1-12-25-15-19/h3-5,13,15-16H,1-2,6-12,14,17H2/b4-3+. The number of amides is 1. The van der Waals surface area contributed by atoms with Gasteiger partial charge in [0.25, 0.3) is 0 Å². The van der Waals surface area contributed by atoms with Crippen molar-refractivity contribution in [2.75, 3.05) is 39.3 Å². The van der Waals surface area contributed by atoms with Crippen LogP contribution in [-0.2, 0) is 9.53 Å². The normalized spacial score (nSPS) is 23.4. The lowest BCUT2D eigenvalue weighted by molar-refractivity contribution is -0.128. The van der Waals surface area contributed by atoms with Gasteiger partial charge in [0.2, 0.25) is 5.91 Å². The second-order valence-corrected chi connectivity index (χ2v) is 8.71. The number of nitrogens with zero attached hydrogens (tertiary/aromatic N) is 2. The molecule has 2 saturated heterocycles. The maximum atomic E-state index is 12.4. The Morgan fingerprint density at radius 1 is 1.27 bits per heavy atom. The van der Waals surface area contributed by atoms with E-state index >= 15 is 0 Å². The second kappa shape index (κ2) is 7.97. The molecule has 4 heterocycles. The van der Waals surface area contributed by atoms with Crippen molar-refractivity contribution in [2.45, 2.75) is 32.1 Å². The first-order valence-electron chi connectivity index (χ1n) is 9.74. The zero-order valence-corrected chi connectivity index (χ0v) is 16.2. The number of carbonyl (C=O) groups excluding carboxylic acids is 1. The molecule has 0 radical (unpaired) electrons. The van der Waals surface area contributed by atoms with Gasteiger partial charge >= 0.3 is 0 Å². The Balaban J connectivity index is 1.26. The van der Waals surface area contributed by atoms with Crippen LogP contribution in [0.1, 0.15) is 37.7 Å². The summed E-state index contributed by atoms with van der Waals surface area (Å²) in [4.78, 5) is 17.0. The molecule has 4 rings (SSSR count). The minimum Gasteiger partial charge on any atom is -0.501 e. The van der Waals surface area contributed by atoms with E-state index in [-0.39, 0.29) is 5.91 Å². The van der Waals surface area contributed by atoms with E-state index in [1.54, 1.807) is 17.4 Å². The van der Waals surface area contributed by atoms with E-state index in [1.165, 1.54) is 31.5 Å². The lowest BCUT2D eigenvalue weighted by atomic mass is 9.78. The number of thiophene rings is 1. The summed E-state index contributed by atoms with van der Waals surface area (Å²) in [5.41, 5.74) is 2.98. The van der Waals surface area contributed by atoms with Gasteiger partial charge in [-0.2, -0.15) is 11.3 Å². The van der Waals surface area contributed by atoms with Crippen molar-refractivity contribution in [2.24, 2.45) is 5.41 Å². The van der Waals surface area contributed by atoms with Crippen LogP contribution >= 0.6 is 11.3 Å². The minimum absolute atomic E-state index is 0.158. The van der Waals surface area contributed by atoms with Gasteiger partial charge < -0.3 is 9.64 Å². The van der Waals surface area contributed by atoms with E-state index in [0.29, 0.717) is 5.41 Å². The third kappa shape index (κ3) is 4.21. The molecule has 26 heavy (non-hydrogen) atoms. The molecule has 1 aromatic heterocycles. The van der Waals surface area contributed by atoms with Gasteiger partial charge in [-0.3, -0.25) is 9.69 Å². The third-order valence-electron chi connectivity index (χ3n) is 6.05. The van der Waals surface area contributed by atoms with Crippen LogP contribution in [0, 0.1) is 5.41 Å². The van der Waals surface area contributed by atoms with Crippen LogP contribution in [0.25, 0.3) is 6.08 Å². The van der Waals surface area contributed by atoms with E-state index in [1.807, 2.05) is 28.7 Å². The third-order valence-corrected chi connectivity index (χ3v) is 6.75. The Morgan fingerprint density at radius 2 is 2.12 bits per heavy atom. The van der Waals surface area contributed by atoms with Gasteiger partial charge in [0.15, 0.2) is 0 Å². The van der Waals surface area contributed by atoms with Crippen LogP contribution in [0.15, 0.2) is 34.7 Å². The molecule has 5 heteroatoms. The van der Waals surface area contributed by atoms with Crippen LogP contribution in [0.3, 0.4) is 0 Å². The summed E-state index contributed by atoms with van der Waals surface area (Å²) in [6.07, 6.45) is 11.5. The summed E-state index contributed by atoms with van der Waals surface area (Å²) in [7, 11) is 0. The van der Waals surface area contributed by atoms with Gasteiger partial charge in [-0.15, -0.1) is 0 Å². The molecule has 1 amide bonds. The lowest BCUT2D eigenvalue weighted by Gasteiger charge is -2.39. The molecule has 0 bridgehead atoms. The highest BCUT2D eigenvalue weighted by atomic mass is 32.1. The summed E-state index contributed by atoms with van der Waals surface area (Å²) >= 11 is 1.66. The number of hydrogen-bond acceptors (Lipinski definition) is 4. The first kappa shape index (κ1) is 17.8. The van der Waals surface area contributed by atoms with Crippen molar-refractivity contribution >= 4 is 23.3 Å². The van der Waals surface area contributed by atoms with Gasteiger partial charge in [-0.25, -0.2) is 0 Å². The maximum Gasteiger partial charge on any atom is 0.246 e. The highest BCUT2D eigenvalue weighted by Gasteiger charge is 2.41. The molecule has 140 valence electrons. The SMILES string of the molecule is O=C(/C=C/c1ccsc1)N1CCC2(CCN(CC3=COCCC3)C2)CC1. The molecule has 0 unspecified atom stereocenters. The topological polar surface area (TPSA) is 32.8 Å².